The highest BCUT2D eigenvalue weighted by atomic mass is 35.5. The number of halogens is 1. The molecule has 17 heavy (non-hydrogen) atoms. The van der Waals surface area contributed by atoms with Crippen LogP contribution in [-0.4, -0.2) is 17.3 Å². The topological polar surface area (TPSA) is 29.1 Å². The van der Waals surface area contributed by atoms with Crippen LogP contribution < -0.4 is 5.32 Å². The Labute approximate surface area is 108 Å². The summed E-state index contributed by atoms with van der Waals surface area (Å²) < 4.78 is 0. The van der Waals surface area contributed by atoms with Crippen molar-refractivity contribution < 1.29 is 4.79 Å². The summed E-state index contributed by atoms with van der Waals surface area (Å²) in [6.07, 6.45) is 1.24. The molecule has 0 heterocycles. The Morgan fingerprint density at radius 1 is 1.35 bits per heavy atom. The lowest BCUT2D eigenvalue weighted by Crippen LogP contribution is -2.47. The van der Waals surface area contributed by atoms with E-state index in [2.05, 4.69) is 5.32 Å². The highest BCUT2D eigenvalue weighted by Crippen LogP contribution is 2.12. The summed E-state index contributed by atoms with van der Waals surface area (Å²) >= 11 is 5.86. The van der Waals surface area contributed by atoms with Crippen molar-refractivity contribution in [2.75, 3.05) is 5.88 Å². The zero-order valence-electron chi connectivity index (χ0n) is 10.7. The molecule has 0 fully saturated rings. The minimum absolute atomic E-state index is 0.0267. The van der Waals surface area contributed by atoms with E-state index in [9.17, 15) is 4.79 Å². The van der Waals surface area contributed by atoms with Gasteiger partial charge in [-0.1, -0.05) is 36.8 Å². The van der Waals surface area contributed by atoms with Crippen LogP contribution in [-0.2, 0) is 11.2 Å². The molecule has 0 aliphatic rings. The van der Waals surface area contributed by atoms with Gasteiger partial charge in [0.05, 0.1) is 12.0 Å². The molecular weight excluding hydrogens is 234 g/mol. The molecule has 1 aromatic carbocycles. The van der Waals surface area contributed by atoms with Crippen LogP contribution in [0.1, 0.15) is 31.4 Å². The first-order valence-corrected chi connectivity index (χ1v) is 6.45. The van der Waals surface area contributed by atoms with Crippen molar-refractivity contribution in [3.63, 3.8) is 0 Å². The van der Waals surface area contributed by atoms with Gasteiger partial charge in [-0.25, -0.2) is 0 Å². The first-order valence-electron chi connectivity index (χ1n) is 5.91. The number of aryl methyl sites for hydroxylation is 1. The average Bonchev–Trinajstić information content (AvgIpc) is 2.32. The number of carbonyl (C=O) groups excluding carboxylic acids is 1. The third-order valence-corrected chi connectivity index (χ3v) is 3.59. The summed E-state index contributed by atoms with van der Waals surface area (Å²) in [5.74, 6) is 0.460. The molecule has 0 saturated heterocycles. The van der Waals surface area contributed by atoms with Crippen LogP contribution in [0.4, 0.5) is 0 Å². The van der Waals surface area contributed by atoms with Crippen LogP contribution in [0.5, 0.6) is 0 Å². The molecule has 1 amide bonds. The van der Waals surface area contributed by atoms with Crippen molar-refractivity contribution in [3.8, 4) is 0 Å². The lowest BCUT2D eigenvalue weighted by molar-refractivity contribution is -0.122. The Kier molecular flexibility index (Phi) is 5.01. The quantitative estimate of drug-likeness (QED) is 0.803. The third-order valence-electron chi connectivity index (χ3n) is 3.00. The van der Waals surface area contributed by atoms with E-state index >= 15 is 0 Å². The zero-order chi connectivity index (χ0) is 12.9. The van der Waals surface area contributed by atoms with E-state index in [1.54, 1.807) is 0 Å². The fourth-order valence-electron chi connectivity index (χ4n) is 1.49. The maximum absolute atomic E-state index is 11.9. The Morgan fingerprint density at radius 3 is 2.41 bits per heavy atom. The molecule has 0 aromatic heterocycles. The minimum Gasteiger partial charge on any atom is -0.349 e. The molecule has 1 N–H and O–H groups in total. The number of nitrogens with one attached hydrogen (secondary N) is 1. The first kappa shape index (κ1) is 14.0. The smallest absolute Gasteiger partial charge is 0.224 e. The monoisotopic (exact) mass is 253 g/mol. The molecule has 1 atom stereocenters. The van der Waals surface area contributed by atoms with E-state index in [1.807, 2.05) is 45.0 Å². The number of hydrogen-bond donors (Lipinski definition) is 1. The van der Waals surface area contributed by atoms with Gasteiger partial charge in [0.1, 0.15) is 0 Å². The second-order valence-corrected chi connectivity index (χ2v) is 5.03. The van der Waals surface area contributed by atoms with Gasteiger partial charge in [-0.05, 0) is 25.8 Å². The van der Waals surface area contributed by atoms with Crippen molar-refractivity contribution in [3.05, 3.63) is 35.4 Å². The fourth-order valence-corrected chi connectivity index (χ4v) is 1.74. The highest BCUT2D eigenvalue weighted by molar-refractivity contribution is 6.18. The number of benzene rings is 1. The molecule has 1 unspecified atom stereocenters. The van der Waals surface area contributed by atoms with Gasteiger partial charge >= 0.3 is 0 Å². The molecule has 3 heteroatoms. The Balaban J connectivity index is 2.58. The van der Waals surface area contributed by atoms with Crippen LogP contribution in [0.3, 0.4) is 0 Å². The van der Waals surface area contributed by atoms with Crippen molar-refractivity contribution in [1.82, 2.24) is 5.32 Å². The second kappa shape index (κ2) is 6.06. The Morgan fingerprint density at radius 2 is 1.94 bits per heavy atom. The lowest BCUT2D eigenvalue weighted by Gasteiger charge is -2.27. The number of amides is 1. The van der Waals surface area contributed by atoms with Crippen molar-refractivity contribution in [1.29, 1.82) is 0 Å². The third kappa shape index (κ3) is 4.39. The normalized spacial score (nSPS) is 14.1. The summed E-state index contributed by atoms with van der Waals surface area (Å²) in [5, 5.41) is 2.98. The Hall–Kier alpha value is -1.02. The van der Waals surface area contributed by atoms with Crippen molar-refractivity contribution >= 4 is 17.5 Å². The highest BCUT2D eigenvalue weighted by Gasteiger charge is 2.22. The summed E-state index contributed by atoms with van der Waals surface area (Å²) in [6, 6.07) is 8.00. The van der Waals surface area contributed by atoms with Crippen LogP contribution in [0.25, 0.3) is 0 Å². The predicted octanol–water partition coefficient (Wildman–Crippen LogP) is 3.06. The van der Waals surface area contributed by atoms with E-state index in [0.29, 0.717) is 12.3 Å². The maximum atomic E-state index is 11.9. The SMILES string of the molecule is CCC(C)(CCl)NC(=O)Cc1ccc(C)cc1. The molecule has 0 bridgehead atoms. The van der Waals surface area contributed by atoms with Crippen LogP contribution >= 0.6 is 11.6 Å². The largest absolute Gasteiger partial charge is 0.349 e. The summed E-state index contributed by atoms with van der Waals surface area (Å²) in [5.41, 5.74) is 1.93. The van der Waals surface area contributed by atoms with Gasteiger partial charge in [-0.15, -0.1) is 11.6 Å². The van der Waals surface area contributed by atoms with E-state index in [0.717, 1.165) is 12.0 Å². The van der Waals surface area contributed by atoms with Gasteiger partial charge in [0.25, 0.3) is 0 Å². The standard InChI is InChI=1S/C14H20ClNO/c1-4-14(3,10-15)16-13(17)9-12-7-5-11(2)6-8-12/h5-8H,4,9-10H2,1-3H3,(H,16,17). The van der Waals surface area contributed by atoms with Gasteiger partial charge in [0.15, 0.2) is 0 Å². The van der Waals surface area contributed by atoms with Crippen LogP contribution in [0.15, 0.2) is 24.3 Å². The molecule has 0 radical (unpaired) electrons. The molecule has 94 valence electrons. The number of carbonyl (C=O) groups is 1. The molecular formula is C14H20ClNO. The average molecular weight is 254 g/mol. The lowest BCUT2D eigenvalue weighted by atomic mass is 10.0. The summed E-state index contributed by atoms with van der Waals surface area (Å²) in [4.78, 5) is 11.9. The van der Waals surface area contributed by atoms with Gasteiger partial charge in [-0.3, -0.25) is 4.79 Å². The van der Waals surface area contributed by atoms with E-state index < -0.39 is 0 Å². The van der Waals surface area contributed by atoms with Crippen LogP contribution in [0.2, 0.25) is 0 Å². The molecule has 1 rings (SSSR count). The minimum atomic E-state index is -0.302. The summed E-state index contributed by atoms with van der Waals surface area (Å²) in [6.45, 7) is 6.02. The van der Waals surface area contributed by atoms with Gasteiger partial charge < -0.3 is 5.32 Å². The number of hydrogen-bond acceptors (Lipinski definition) is 1. The molecule has 0 aliphatic heterocycles. The fraction of sp³-hybridized carbons (Fsp3) is 0.500. The zero-order valence-corrected chi connectivity index (χ0v) is 11.5. The maximum Gasteiger partial charge on any atom is 0.224 e. The number of rotatable bonds is 5. The second-order valence-electron chi connectivity index (χ2n) is 4.76. The molecule has 0 aliphatic carbocycles. The first-order chi connectivity index (χ1) is 7.99. The van der Waals surface area contributed by atoms with Crippen molar-refractivity contribution in [2.24, 2.45) is 0 Å². The van der Waals surface area contributed by atoms with Crippen LogP contribution in [0, 0.1) is 6.92 Å². The Bertz CT molecular complexity index is 368. The molecule has 1 aromatic rings. The van der Waals surface area contributed by atoms with E-state index in [1.165, 1.54) is 5.56 Å². The van der Waals surface area contributed by atoms with Gasteiger partial charge in [0, 0.05) is 5.88 Å². The van der Waals surface area contributed by atoms with Gasteiger partial charge in [-0.2, -0.15) is 0 Å². The summed E-state index contributed by atoms with van der Waals surface area (Å²) in [7, 11) is 0. The molecule has 0 spiro atoms. The molecule has 0 saturated carbocycles. The van der Waals surface area contributed by atoms with E-state index in [-0.39, 0.29) is 11.4 Å². The van der Waals surface area contributed by atoms with Gasteiger partial charge in [0.2, 0.25) is 5.91 Å². The van der Waals surface area contributed by atoms with Crippen molar-refractivity contribution in [2.45, 2.75) is 39.2 Å². The number of alkyl halides is 1. The van der Waals surface area contributed by atoms with E-state index in [4.69, 9.17) is 11.6 Å². The molecule has 2 nitrogen and oxygen atoms in total. The predicted molar refractivity (Wildman–Crippen MR) is 72.4 cm³/mol.